The summed E-state index contributed by atoms with van der Waals surface area (Å²) in [5.41, 5.74) is 0.597. The lowest BCUT2D eigenvalue weighted by atomic mass is 9.79. The molecule has 2 fully saturated rings. The van der Waals surface area contributed by atoms with Crippen molar-refractivity contribution in [3.05, 3.63) is 11.6 Å². The summed E-state index contributed by atoms with van der Waals surface area (Å²) in [6.07, 6.45) is 2.89. The first-order chi connectivity index (χ1) is 12.6. The molecule has 0 amide bonds. The lowest BCUT2D eigenvalue weighted by molar-refractivity contribution is -0.146. The van der Waals surface area contributed by atoms with Gasteiger partial charge in [0, 0.05) is 12.5 Å². The number of carboxylic acids is 1. The molecule has 152 valence electrons. The second-order valence-corrected chi connectivity index (χ2v) is 8.73. The smallest absolute Gasteiger partial charge is 0.320 e. The third kappa shape index (κ3) is 4.05. The second-order valence-electron chi connectivity index (χ2n) is 8.73. The fourth-order valence-electron chi connectivity index (χ4n) is 4.43. The zero-order valence-corrected chi connectivity index (χ0v) is 16.5. The lowest BCUT2D eigenvalue weighted by Crippen LogP contribution is -2.45. The Morgan fingerprint density at radius 3 is 2.78 bits per heavy atom. The Morgan fingerprint density at radius 1 is 1.44 bits per heavy atom. The van der Waals surface area contributed by atoms with Crippen LogP contribution in [0.2, 0.25) is 0 Å². The van der Waals surface area contributed by atoms with Gasteiger partial charge in [-0.1, -0.05) is 19.9 Å². The first-order valence-electron chi connectivity index (χ1n) is 9.83. The van der Waals surface area contributed by atoms with Gasteiger partial charge < -0.3 is 25.0 Å². The van der Waals surface area contributed by atoms with Gasteiger partial charge in [-0.05, 0) is 44.6 Å². The maximum Gasteiger partial charge on any atom is 0.320 e. The van der Waals surface area contributed by atoms with Crippen LogP contribution < -0.4 is 5.32 Å². The van der Waals surface area contributed by atoms with Gasteiger partial charge in [0.2, 0.25) is 0 Å². The number of hydrogen-bond donors (Lipinski definition) is 3. The van der Waals surface area contributed by atoms with Crippen LogP contribution in [0.5, 0.6) is 0 Å². The van der Waals surface area contributed by atoms with Gasteiger partial charge in [-0.15, -0.1) is 0 Å². The first kappa shape index (κ1) is 20.3. The molecule has 2 saturated heterocycles. The van der Waals surface area contributed by atoms with E-state index in [-0.39, 0.29) is 36.1 Å². The second kappa shape index (κ2) is 7.53. The minimum atomic E-state index is -0.934. The number of nitrogens with one attached hydrogen (secondary N) is 1. The highest BCUT2D eigenvalue weighted by Gasteiger charge is 2.63. The zero-order chi connectivity index (χ0) is 19.9. The highest BCUT2D eigenvalue weighted by Crippen LogP contribution is 2.50. The fraction of sp³-hybridized carbons (Fsp3) is 0.800. The number of carbonyl (C=O) groups excluding carboxylic acids is 1. The van der Waals surface area contributed by atoms with Crippen molar-refractivity contribution >= 4 is 11.9 Å². The molecule has 3 N–H and O–H groups in total. The number of epoxide rings is 1. The van der Waals surface area contributed by atoms with Gasteiger partial charge in [0.25, 0.3) is 0 Å². The number of carbonyl (C=O) groups is 2. The number of rotatable bonds is 5. The monoisotopic (exact) mass is 381 g/mol. The summed E-state index contributed by atoms with van der Waals surface area (Å²) < 4.78 is 11.6. The van der Waals surface area contributed by atoms with Gasteiger partial charge in [0.05, 0.1) is 17.6 Å². The standard InChI is InChI=1S/C20H31NO6/c1-10(2)15(18(23)24)21-9-13-12-8-14(22)11(3)6-5-7-20(4)17(27-20)16(12)26-19(13)25/h6,10,12-17,21-22H,5,7-9H2,1-4H3,(H,23,24)/b11-6+/t12-,13-,14+,15-,16-,17-,20+/m0/s1. The Bertz CT molecular complexity index is 632. The number of fused-ring (bicyclic) bond motifs is 3. The number of hydrogen-bond acceptors (Lipinski definition) is 6. The molecule has 27 heavy (non-hydrogen) atoms. The van der Waals surface area contributed by atoms with Crippen LogP contribution in [0.1, 0.15) is 47.0 Å². The molecule has 0 bridgehead atoms. The summed E-state index contributed by atoms with van der Waals surface area (Å²) in [4.78, 5) is 24.0. The van der Waals surface area contributed by atoms with Gasteiger partial charge in [-0.3, -0.25) is 9.59 Å². The summed E-state index contributed by atoms with van der Waals surface area (Å²) in [5.74, 6) is -2.08. The molecule has 2 heterocycles. The topological polar surface area (TPSA) is 108 Å². The van der Waals surface area contributed by atoms with Gasteiger partial charge in [0.1, 0.15) is 18.2 Å². The minimum absolute atomic E-state index is 0.106. The Morgan fingerprint density at radius 2 is 2.15 bits per heavy atom. The average molecular weight is 381 g/mol. The summed E-state index contributed by atoms with van der Waals surface area (Å²) in [6, 6.07) is -0.731. The van der Waals surface area contributed by atoms with Crippen molar-refractivity contribution in [1.82, 2.24) is 5.32 Å². The van der Waals surface area contributed by atoms with E-state index in [4.69, 9.17) is 9.47 Å². The molecule has 0 spiro atoms. The quantitative estimate of drug-likeness (QED) is 0.376. The predicted molar refractivity (Wildman–Crippen MR) is 98.0 cm³/mol. The van der Waals surface area contributed by atoms with E-state index in [1.165, 1.54) is 0 Å². The Hall–Kier alpha value is -1.44. The number of aliphatic hydroxyl groups excluding tert-OH is 1. The van der Waals surface area contributed by atoms with Crippen LogP contribution in [-0.2, 0) is 19.1 Å². The van der Waals surface area contributed by atoms with Crippen LogP contribution in [0.25, 0.3) is 0 Å². The van der Waals surface area contributed by atoms with Crippen molar-refractivity contribution < 1.29 is 29.3 Å². The SMILES string of the molecule is C/C1=C\CC[C@@]2(C)O[C@H]2[C@H]2OC(=O)[C@@H](CN[C@H](C(=O)O)C(C)C)[C@@H]2C[C@H]1O. The summed E-state index contributed by atoms with van der Waals surface area (Å²) >= 11 is 0. The maximum atomic E-state index is 12.6. The molecule has 3 aliphatic rings. The highest BCUT2D eigenvalue weighted by atomic mass is 16.6. The molecule has 0 radical (unpaired) electrons. The van der Waals surface area contributed by atoms with Crippen LogP contribution in [-0.4, -0.2) is 58.7 Å². The van der Waals surface area contributed by atoms with E-state index >= 15 is 0 Å². The van der Waals surface area contributed by atoms with Crippen LogP contribution in [0.4, 0.5) is 0 Å². The molecule has 0 saturated carbocycles. The van der Waals surface area contributed by atoms with Crippen LogP contribution in [0.3, 0.4) is 0 Å². The molecule has 0 aromatic carbocycles. The number of aliphatic carboxylic acids is 1. The zero-order valence-electron chi connectivity index (χ0n) is 16.5. The van der Waals surface area contributed by atoms with E-state index in [0.29, 0.717) is 6.42 Å². The molecule has 2 aliphatic heterocycles. The Labute approximate surface area is 160 Å². The van der Waals surface area contributed by atoms with E-state index in [2.05, 4.69) is 5.32 Å². The van der Waals surface area contributed by atoms with E-state index in [1.54, 1.807) is 0 Å². The normalized spacial score (nSPS) is 41.8. The lowest BCUT2D eigenvalue weighted by Gasteiger charge is -2.26. The molecule has 1 aliphatic carbocycles. The molecule has 3 rings (SSSR count). The van der Waals surface area contributed by atoms with E-state index in [0.717, 1.165) is 18.4 Å². The number of allylic oxidation sites excluding steroid dienone is 1. The molecule has 7 nitrogen and oxygen atoms in total. The van der Waals surface area contributed by atoms with Gasteiger partial charge >= 0.3 is 11.9 Å². The molecule has 7 heteroatoms. The van der Waals surface area contributed by atoms with E-state index < -0.39 is 30.1 Å². The fourth-order valence-corrected chi connectivity index (χ4v) is 4.43. The average Bonchev–Trinajstić information content (AvgIpc) is 3.14. The maximum absolute atomic E-state index is 12.6. The summed E-state index contributed by atoms with van der Waals surface area (Å²) in [7, 11) is 0. The molecule has 7 atom stereocenters. The number of aliphatic hydroxyl groups is 1. The van der Waals surface area contributed by atoms with Gasteiger partial charge in [0.15, 0.2) is 0 Å². The predicted octanol–water partition coefficient (Wildman–Crippen LogP) is 1.49. The number of carboxylic acid groups (broad SMARTS) is 1. The number of ether oxygens (including phenoxy) is 2. The highest BCUT2D eigenvalue weighted by molar-refractivity contribution is 5.76. The Balaban J connectivity index is 1.79. The van der Waals surface area contributed by atoms with Crippen LogP contribution >= 0.6 is 0 Å². The van der Waals surface area contributed by atoms with Gasteiger partial charge in [-0.25, -0.2) is 0 Å². The third-order valence-corrected chi connectivity index (χ3v) is 6.35. The molecular formula is C20H31NO6. The van der Waals surface area contributed by atoms with Crippen molar-refractivity contribution in [3.63, 3.8) is 0 Å². The van der Waals surface area contributed by atoms with E-state index in [9.17, 15) is 19.8 Å². The van der Waals surface area contributed by atoms with Gasteiger partial charge in [-0.2, -0.15) is 0 Å². The van der Waals surface area contributed by atoms with Crippen molar-refractivity contribution in [3.8, 4) is 0 Å². The largest absolute Gasteiger partial charge is 0.480 e. The Kier molecular flexibility index (Phi) is 5.66. The molecule has 0 unspecified atom stereocenters. The van der Waals surface area contributed by atoms with Crippen molar-refractivity contribution in [2.24, 2.45) is 17.8 Å². The van der Waals surface area contributed by atoms with Crippen LogP contribution in [0.15, 0.2) is 11.6 Å². The summed E-state index contributed by atoms with van der Waals surface area (Å²) in [5, 5.41) is 23.0. The van der Waals surface area contributed by atoms with E-state index in [1.807, 2.05) is 33.8 Å². The minimum Gasteiger partial charge on any atom is -0.480 e. The van der Waals surface area contributed by atoms with Crippen molar-refractivity contribution in [2.75, 3.05) is 6.54 Å². The third-order valence-electron chi connectivity index (χ3n) is 6.35. The van der Waals surface area contributed by atoms with Crippen molar-refractivity contribution in [1.29, 1.82) is 0 Å². The van der Waals surface area contributed by atoms with Crippen LogP contribution in [0, 0.1) is 17.8 Å². The number of esters is 1. The molecule has 0 aromatic heterocycles. The van der Waals surface area contributed by atoms with Crippen molar-refractivity contribution in [2.45, 2.75) is 76.9 Å². The first-order valence-corrected chi connectivity index (χ1v) is 9.83. The molecule has 0 aromatic rings. The summed E-state index contributed by atoms with van der Waals surface area (Å²) in [6.45, 7) is 7.81. The molecular weight excluding hydrogens is 350 g/mol.